The highest BCUT2D eigenvalue weighted by atomic mass is 35.5. The van der Waals surface area contributed by atoms with Crippen LogP contribution in [0.25, 0.3) is 0 Å². The Morgan fingerprint density at radius 1 is 1.47 bits per heavy atom. The zero-order valence-electron chi connectivity index (χ0n) is 9.29. The molecule has 15 heavy (non-hydrogen) atoms. The maximum absolute atomic E-state index is 5.99. The van der Waals surface area contributed by atoms with Crippen LogP contribution in [0.4, 0.5) is 5.69 Å². The van der Waals surface area contributed by atoms with E-state index in [-0.39, 0.29) is 0 Å². The quantitative estimate of drug-likeness (QED) is 0.778. The smallest absolute Gasteiger partial charge is 0.160 e. The Morgan fingerprint density at radius 2 is 2.20 bits per heavy atom. The largest absolute Gasteiger partial charge is 0.490 e. The highest BCUT2D eigenvalue weighted by Gasteiger charge is 2.07. The van der Waals surface area contributed by atoms with Crippen LogP contribution in [0.15, 0.2) is 18.2 Å². The van der Waals surface area contributed by atoms with E-state index in [2.05, 4.69) is 13.8 Å². The van der Waals surface area contributed by atoms with Crippen molar-refractivity contribution in [3.63, 3.8) is 0 Å². The van der Waals surface area contributed by atoms with Gasteiger partial charge in [-0.15, -0.1) is 0 Å². The van der Waals surface area contributed by atoms with Crippen molar-refractivity contribution in [2.75, 3.05) is 12.3 Å². The Labute approximate surface area is 96.4 Å². The molecule has 0 aliphatic carbocycles. The van der Waals surface area contributed by atoms with E-state index in [9.17, 15) is 0 Å². The van der Waals surface area contributed by atoms with Gasteiger partial charge in [0, 0.05) is 0 Å². The molecular formula is C12H18ClNO. The van der Waals surface area contributed by atoms with E-state index in [0.29, 0.717) is 29.0 Å². The van der Waals surface area contributed by atoms with E-state index in [1.807, 2.05) is 6.07 Å². The number of halogens is 1. The van der Waals surface area contributed by atoms with Crippen molar-refractivity contribution in [3.05, 3.63) is 23.2 Å². The van der Waals surface area contributed by atoms with Gasteiger partial charge in [0.1, 0.15) is 0 Å². The zero-order chi connectivity index (χ0) is 11.3. The molecule has 1 atom stereocenters. The normalized spacial score (nSPS) is 12.5. The van der Waals surface area contributed by atoms with Crippen LogP contribution in [0.3, 0.4) is 0 Å². The fraction of sp³-hybridized carbons (Fsp3) is 0.500. The molecule has 1 aromatic carbocycles. The van der Waals surface area contributed by atoms with Gasteiger partial charge in [-0.05, 0) is 24.5 Å². The third kappa shape index (κ3) is 3.63. The molecule has 0 aromatic heterocycles. The van der Waals surface area contributed by atoms with Crippen LogP contribution in [-0.2, 0) is 0 Å². The minimum absolute atomic E-state index is 0.533. The first-order chi connectivity index (χ1) is 7.15. The van der Waals surface area contributed by atoms with Crippen molar-refractivity contribution in [1.29, 1.82) is 0 Å². The first-order valence-corrected chi connectivity index (χ1v) is 5.69. The maximum atomic E-state index is 5.99. The van der Waals surface area contributed by atoms with Gasteiger partial charge in [0.15, 0.2) is 5.75 Å². The number of para-hydroxylation sites is 1. The molecule has 1 rings (SSSR count). The Hall–Kier alpha value is -0.890. The third-order valence-electron chi connectivity index (χ3n) is 2.29. The van der Waals surface area contributed by atoms with E-state index >= 15 is 0 Å². The first kappa shape index (κ1) is 12.2. The minimum Gasteiger partial charge on any atom is -0.490 e. The van der Waals surface area contributed by atoms with Gasteiger partial charge in [0.05, 0.1) is 17.3 Å². The summed E-state index contributed by atoms with van der Waals surface area (Å²) >= 11 is 5.99. The standard InChI is InChI=1S/C12H18ClNO/c1-3-5-9(2)8-15-12-10(13)6-4-7-11(12)14/h4,6-7,9H,3,5,8,14H2,1-2H3/t9-/m0/s1. The van der Waals surface area contributed by atoms with Crippen molar-refractivity contribution in [1.82, 2.24) is 0 Å². The van der Waals surface area contributed by atoms with Crippen molar-refractivity contribution < 1.29 is 4.74 Å². The first-order valence-electron chi connectivity index (χ1n) is 5.32. The molecule has 0 unspecified atom stereocenters. The number of hydrogen-bond acceptors (Lipinski definition) is 2. The second-order valence-corrected chi connectivity index (χ2v) is 4.27. The number of rotatable bonds is 5. The molecule has 2 N–H and O–H groups in total. The highest BCUT2D eigenvalue weighted by molar-refractivity contribution is 6.32. The number of anilines is 1. The summed E-state index contributed by atoms with van der Waals surface area (Å²) in [5, 5.41) is 0.582. The number of hydrogen-bond donors (Lipinski definition) is 1. The van der Waals surface area contributed by atoms with Crippen molar-refractivity contribution in [3.8, 4) is 5.75 Å². The lowest BCUT2D eigenvalue weighted by atomic mass is 10.1. The van der Waals surface area contributed by atoms with Gasteiger partial charge in [-0.1, -0.05) is 37.9 Å². The van der Waals surface area contributed by atoms with Gasteiger partial charge < -0.3 is 10.5 Å². The molecule has 0 spiro atoms. The lowest BCUT2D eigenvalue weighted by molar-refractivity contribution is 0.253. The van der Waals surface area contributed by atoms with E-state index in [0.717, 1.165) is 6.42 Å². The number of nitrogen functional groups attached to an aromatic ring is 1. The predicted octanol–water partition coefficient (Wildman–Crippen LogP) is 3.74. The summed E-state index contributed by atoms with van der Waals surface area (Å²) in [6.07, 6.45) is 2.33. The average molecular weight is 228 g/mol. The molecular weight excluding hydrogens is 210 g/mol. The summed E-state index contributed by atoms with van der Waals surface area (Å²) in [7, 11) is 0. The Morgan fingerprint density at radius 3 is 2.80 bits per heavy atom. The minimum atomic E-state index is 0.533. The van der Waals surface area contributed by atoms with Crippen LogP contribution in [0.5, 0.6) is 5.75 Å². The maximum Gasteiger partial charge on any atom is 0.160 e. The molecule has 3 heteroatoms. The Balaban J connectivity index is 2.57. The fourth-order valence-corrected chi connectivity index (χ4v) is 1.72. The van der Waals surface area contributed by atoms with Gasteiger partial charge in [-0.25, -0.2) is 0 Å². The SMILES string of the molecule is CCC[C@H](C)COc1c(N)cccc1Cl. The molecule has 0 saturated carbocycles. The van der Waals surface area contributed by atoms with Crippen molar-refractivity contribution >= 4 is 17.3 Å². The van der Waals surface area contributed by atoms with Crippen LogP contribution in [-0.4, -0.2) is 6.61 Å². The number of benzene rings is 1. The topological polar surface area (TPSA) is 35.2 Å². The zero-order valence-corrected chi connectivity index (χ0v) is 10.1. The van der Waals surface area contributed by atoms with Crippen LogP contribution in [0, 0.1) is 5.92 Å². The fourth-order valence-electron chi connectivity index (χ4n) is 1.48. The molecule has 0 saturated heterocycles. The lowest BCUT2D eigenvalue weighted by Crippen LogP contribution is -2.09. The van der Waals surface area contributed by atoms with E-state index in [1.165, 1.54) is 6.42 Å². The van der Waals surface area contributed by atoms with Gasteiger partial charge in [0.2, 0.25) is 0 Å². The number of ether oxygens (including phenoxy) is 1. The van der Waals surface area contributed by atoms with E-state index in [4.69, 9.17) is 22.1 Å². The summed E-state index contributed by atoms with van der Waals surface area (Å²) in [6.45, 7) is 5.00. The molecule has 0 bridgehead atoms. The summed E-state index contributed by atoms with van der Waals surface area (Å²) in [6, 6.07) is 5.41. The second kappa shape index (κ2) is 5.86. The van der Waals surface area contributed by atoms with Crippen molar-refractivity contribution in [2.45, 2.75) is 26.7 Å². The molecule has 0 aliphatic heterocycles. The van der Waals surface area contributed by atoms with Crippen molar-refractivity contribution in [2.24, 2.45) is 5.92 Å². The van der Waals surface area contributed by atoms with Gasteiger partial charge in [-0.3, -0.25) is 0 Å². The molecule has 0 heterocycles. The molecule has 0 fully saturated rings. The Kier molecular flexibility index (Phi) is 4.76. The highest BCUT2D eigenvalue weighted by Crippen LogP contribution is 2.30. The van der Waals surface area contributed by atoms with Gasteiger partial charge >= 0.3 is 0 Å². The molecule has 0 amide bonds. The summed E-state index contributed by atoms with van der Waals surface area (Å²) in [5.74, 6) is 1.15. The van der Waals surface area contributed by atoms with Crippen LogP contribution >= 0.6 is 11.6 Å². The lowest BCUT2D eigenvalue weighted by Gasteiger charge is -2.14. The third-order valence-corrected chi connectivity index (χ3v) is 2.59. The summed E-state index contributed by atoms with van der Waals surface area (Å²) in [5.41, 5.74) is 6.38. The number of nitrogens with two attached hydrogens (primary N) is 1. The molecule has 0 radical (unpaired) electrons. The predicted molar refractivity (Wildman–Crippen MR) is 65.4 cm³/mol. The molecule has 1 aromatic rings. The van der Waals surface area contributed by atoms with Gasteiger partial charge in [0.25, 0.3) is 0 Å². The van der Waals surface area contributed by atoms with Crippen LogP contribution < -0.4 is 10.5 Å². The van der Waals surface area contributed by atoms with E-state index in [1.54, 1.807) is 12.1 Å². The second-order valence-electron chi connectivity index (χ2n) is 3.86. The molecule has 2 nitrogen and oxygen atoms in total. The van der Waals surface area contributed by atoms with Crippen LogP contribution in [0.1, 0.15) is 26.7 Å². The summed E-state index contributed by atoms with van der Waals surface area (Å²) < 4.78 is 5.62. The van der Waals surface area contributed by atoms with Gasteiger partial charge in [-0.2, -0.15) is 0 Å². The van der Waals surface area contributed by atoms with Crippen LogP contribution in [0.2, 0.25) is 5.02 Å². The summed E-state index contributed by atoms with van der Waals surface area (Å²) in [4.78, 5) is 0. The average Bonchev–Trinajstić information content (AvgIpc) is 2.17. The molecule has 84 valence electrons. The monoisotopic (exact) mass is 227 g/mol. The molecule has 0 aliphatic rings. The Bertz CT molecular complexity index is 294. The van der Waals surface area contributed by atoms with E-state index < -0.39 is 0 Å².